The molecule has 1 aliphatic heterocycles. The van der Waals surface area contributed by atoms with Gasteiger partial charge in [-0.3, -0.25) is 18.5 Å². The Morgan fingerprint density at radius 3 is 2.24 bits per heavy atom. The van der Waals surface area contributed by atoms with Gasteiger partial charge in [0.1, 0.15) is 18.5 Å². The molecule has 5 aromatic rings. The minimum Gasteiger partial charge on any atom is -0.483 e. The van der Waals surface area contributed by atoms with E-state index in [0.29, 0.717) is 6.42 Å². The number of likely N-dealkylation sites (tertiary alicyclic amines) is 1. The second-order valence-corrected chi connectivity index (χ2v) is 13.9. The largest absolute Gasteiger partial charge is 0.483 e. The number of hydrogen-bond acceptors (Lipinski definition) is 7. The molecule has 1 aromatic heterocycles. The first-order valence-corrected chi connectivity index (χ1v) is 18.0. The zero-order chi connectivity index (χ0) is 36.1. The molecule has 1 fully saturated rings. The Morgan fingerprint density at radius 2 is 1.57 bits per heavy atom. The van der Waals surface area contributed by atoms with Gasteiger partial charge in [0, 0.05) is 18.0 Å². The minimum atomic E-state index is -4.29. The normalized spacial score (nSPS) is 15.8. The van der Waals surface area contributed by atoms with Crippen molar-refractivity contribution in [1.82, 2.24) is 14.7 Å². The molecule has 4 aromatic carbocycles. The smallest absolute Gasteiger partial charge is 0.278 e. The SMILES string of the molecule is CS(=O)(=O)OC(C(c1ccc(F)cc1)c1cccc(F)c1F)[C@H]1CCCN1C(=O)c1nn(Cc2ccccc2)cc(OCc2ccccc2)c1=O. The number of amides is 1. The summed E-state index contributed by atoms with van der Waals surface area (Å²) in [6.07, 6.45) is 1.26. The van der Waals surface area contributed by atoms with Crippen molar-refractivity contribution in [2.75, 3.05) is 12.8 Å². The summed E-state index contributed by atoms with van der Waals surface area (Å²) >= 11 is 0. The lowest BCUT2D eigenvalue weighted by Crippen LogP contribution is -2.48. The topological polar surface area (TPSA) is 108 Å². The van der Waals surface area contributed by atoms with Gasteiger partial charge in [0.05, 0.1) is 25.0 Å². The number of carbonyl (C=O) groups excluding carboxylic acids is 1. The van der Waals surface area contributed by atoms with E-state index in [-0.39, 0.29) is 43.0 Å². The van der Waals surface area contributed by atoms with Crippen LogP contribution in [0.4, 0.5) is 13.2 Å². The van der Waals surface area contributed by atoms with Crippen LogP contribution in [0.2, 0.25) is 0 Å². The first-order chi connectivity index (χ1) is 24.5. The van der Waals surface area contributed by atoms with E-state index in [1.807, 2.05) is 60.7 Å². The van der Waals surface area contributed by atoms with Gasteiger partial charge in [0.15, 0.2) is 23.1 Å². The first-order valence-electron chi connectivity index (χ1n) is 16.2. The Hall–Kier alpha value is -5.27. The molecule has 0 bridgehead atoms. The van der Waals surface area contributed by atoms with Crippen LogP contribution in [0.25, 0.3) is 0 Å². The number of halogens is 3. The molecule has 0 aliphatic carbocycles. The molecule has 0 radical (unpaired) electrons. The maximum Gasteiger partial charge on any atom is 0.278 e. The molecule has 0 saturated carbocycles. The average molecular weight is 718 g/mol. The van der Waals surface area contributed by atoms with Crippen molar-refractivity contribution in [3.63, 3.8) is 0 Å². The van der Waals surface area contributed by atoms with Crippen molar-refractivity contribution in [3.8, 4) is 5.75 Å². The summed E-state index contributed by atoms with van der Waals surface area (Å²) in [5.74, 6) is -5.32. The molecule has 51 heavy (non-hydrogen) atoms. The summed E-state index contributed by atoms with van der Waals surface area (Å²) in [6, 6.07) is 25.6. The van der Waals surface area contributed by atoms with Crippen molar-refractivity contribution in [1.29, 1.82) is 0 Å². The molecule has 3 atom stereocenters. The molecule has 6 rings (SSSR count). The molecule has 264 valence electrons. The number of rotatable bonds is 12. The lowest BCUT2D eigenvalue weighted by atomic mass is 9.82. The first kappa shape index (κ1) is 35.6. The van der Waals surface area contributed by atoms with E-state index in [1.54, 1.807) is 0 Å². The second kappa shape index (κ2) is 15.3. The number of hydrogen-bond donors (Lipinski definition) is 0. The van der Waals surface area contributed by atoms with Gasteiger partial charge in [0.25, 0.3) is 21.5 Å². The highest BCUT2D eigenvalue weighted by molar-refractivity contribution is 7.86. The third kappa shape index (κ3) is 8.38. The van der Waals surface area contributed by atoms with Crippen LogP contribution in [0.15, 0.2) is 114 Å². The van der Waals surface area contributed by atoms with Gasteiger partial charge >= 0.3 is 0 Å². The lowest BCUT2D eigenvalue weighted by molar-refractivity contribution is 0.0524. The number of nitrogens with zero attached hydrogens (tertiary/aromatic N) is 3. The Labute approximate surface area is 293 Å². The Bertz CT molecular complexity index is 2170. The van der Waals surface area contributed by atoms with Crippen LogP contribution < -0.4 is 10.2 Å². The fourth-order valence-electron chi connectivity index (χ4n) is 6.39. The Balaban J connectivity index is 1.43. The van der Waals surface area contributed by atoms with Crippen LogP contribution in [0.5, 0.6) is 5.75 Å². The number of aromatic nitrogens is 2. The summed E-state index contributed by atoms with van der Waals surface area (Å²) < 4.78 is 82.8. The molecule has 0 N–H and O–H groups in total. The lowest BCUT2D eigenvalue weighted by Gasteiger charge is -2.36. The molecule has 1 saturated heterocycles. The van der Waals surface area contributed by atoms with Gasteiger partial charge in [-0.25, -0.2) is 13.2 Å². The maximum atomic E-state index is 15.5. The van der Waals surface area contributed by atoms with E-state index in [4.69, 9.17) is 8.92 Å². The monoisotopic (exact) mass is 717 g/mol. The number of ether oxygens (including phenoxy) is 1. The summed E-state index contributed by atoms with van der Waals surface area (Å²) in [7, 11) is -4.29. The third-order valence-electron chi connectivity index (χ3n) is 8.66. The molecule has 2 heterocycles. The van der Waals surface area contributed by atoms with Gasteiger partial charge in [-0.05, 0) is 47.7 Å². The Morgan fingerprint density at radius 1 is 0.902 bits per heavy atom. The van der Waals surface area contributed by atoms with E-state index < -0.39 is 62.7 Å². The molecular formula is C38H34F3N3O6S. The number of benzene rings is 4. The molecule has 9 nitrogen and oxygen atoms in total. The summed E-state index contributed by atoms with van der Waals surface area (Å²) in [4.78, 5) is 29.6. The van der Waals surface area contributed by atoms with Crippen LogP contribution in [0.1, 0.15) is 51.5 Å². The van der Waals surface area contributed by atoms with E-state index in [9.17, 15) is 26.8 Å². The van der Waals surface area contributed by atoms with Gasteiger partial charge in [-0.1, -0.05) is 84.9 Å². The summed E-state index contributed by atoms with van der Waals surface area (Å²) in [6.45, 7) is 0.301. The van der Waals surface area contributed by atoms with Crippen molar-refractivity contribution in [2.45, 2.75) is 44.1 Å². The van der Waals surface area contributed by atoms with E-state index in [1.165, 1.54) is 40.0 Å². The quantitative estimate of drug-likeness (QED) is 0.144. The van der Waals surface area contributed by atoms with Crippen LogP contribution in [0, 0.1) is 17.5 Å². The molecule has 1 aliphatic rings. The van der Waals surface area contributed by atoms with Crippen LogP contribution in [0.3, 0.4) is 0 Å². The third-order valence-corrected chi connectivity index (χ3v) is 9.23. The fraction of sp³-hybridized carbons (Fsp3) is 0.237. The second-order valence-electron chi connectivity index (χ2n) is 12.3. The van der Waals surface area contributed by atoms with Crippen molar-refractivity contribution < 1.29 is 35.3 Å². The molecule has 0 spiro atoms. The molecule has 13 heteroatoms. The molecule has 2 unspecified atom stereocenters. The van der Waals surface area contributed by atoms with Gasteiger partial charge in [-0.2, -0.15) is 13.5 Å². The van der Waals surface area contributed by atoms with Crippen LogP contribution >= 0.6 is 0 Å². The van der Waals surface area contributed by atoms with E-state index in [0.717, 1.165) is 35.6 Å². The zero-order valence-electron chi connectivity index (χ0n) is 27.5. The van der Waals surface area contributed by atoms with Gasteiger partial charge in [0.2, 0.25) is 0 Å². The summed E-state index contributed by atoms with van der Waals surface area (Å²) in [5, 5.41) is 4.42. The standard InChI is InChI=1S/C38H34F3N3O6S/c1-51(47,48)50-37(33(27-17-19-28(39)20-18-27)29-14-8-15-30(40)34(29)41)31-16-9-21-44(31)38(46)35-36(45)32(49-24-26-12-6-3-7-13-26)23-43(42-35)22-25-10-4-2-5-11-25/h2-8,10-15,17-20,23,31,33,37H,9,16,21-22,24H2,1H3/t31-,33?,37?/m1/s1. The fourth-order valence-corrected chi connectivity index (χ4v) is 7.03. The van der Waals surface area contributed by atoms with E-state index in [2.05, 4.69) is 5.10 Å². The van der Waals surface area contributed by atoms with Gasteiger partial charge in [-0.15, -0.1) is 0 Å². The molecule has 1 amide bonds. The van der Waals surface area contributed by atoms with E-state index >= 15 is 4.39 Å². The van der Waals surface area contributed by atoms with Crippen molar-refractivity contribution >= 4 is 16.0 Å². The summed E-state index contributed by atoms with van der Waals surface area (Å²) in [5.41, 5.74) is 0.325. The number of carbonyl (C=O) groups is 1. The minimum absolute atomic E-state index is 0.0359. The highest BCUT2D eigenvalue weighted by Gasteiger charge is 2.44. The average Bonchev–Trinajstić information content (AvgIpc) is 3.61. The van der Waals surface area contributed by atoms with Crippen molar-refractivity contribution in [2.24, 2.45) is 0 Å². The zero-order valence-corrected chi connectivity index (χ0v) is 28.3. The Kier molecular flexibility index (Phi) is 10.7. The highest BCUT2D eigenvalue weighted by atomic mass is 32.2. The highest BCUT2D eigenvalue weighted by Crippen LogP contribution is 2.39. The van der Waals surface area contributed by atoms with Crippen LogP contribution in [-0.4, -0.2) is 54.0 Å². The van der Waals surface area contributed by atoms with Crippen molar-refractivity contribution in [3.05, 3.63) is 165 Å². The van der Waals surface area contributed by atoms with Gasteiger partial charge < -0.3 is 9.64 Å². The van der Waals surface area contributed by atoms with Crippen LogP contribution in [-0.2, 0) is 27.5 Å². The molecular weight excluding hydrogens is 683 g/mol. The predicted molar refractivity (Wildman–Crippen MR) is 183 cm³/mol. The predicted octanol–water partition coefficient (Wildman–Crippen LogP) is 6.07. The maximum absolute atomic E-state index is 15.5.